The van der Waals surface area contributed by atoms with Gasteiger partial charge in [0.15, 0.2) is 11.7 Å². The molecule has 1 heterocycles. The number of nitrogens with zero attached hydrogens (tertiary/aromatic N) is 1. The quantitative estimate of drug-likeness (QED) is 0.899. The molecule has 0 aliphatic carbocycles. The summed E-state index contributed by atoms with van der Waals surface area (Å²) >= 11 is 0. The Morgan fingerprint density at radius 1 is 1.53 bits per heavy atom. The van der Waals surface area contributed by atoms with Gasteiger partial charge >= 0.3 is 5.97 Å². The number of ether oxygens (including phenoxy) is 1. The van der Waals surface area contributed by atoms with Crippen molar-refractivity contribution >= 4 is 5.97 Å². The zero-order chi connectivity index (χ0) is 13.8. The predicted molar refractivity (Wildman–Crippen MR) is 64.4 cm³/mol. The molecule has 0 bridgehead atoms. The Balaban J connectivity index is 2.27. The molecule has 0 atom stereocenters. The number of carboxylic acid groups (broad SMARTS) is 1. The van der Waals surface area contributed by atoms with Crippen molar-refractivity contribution in [1.82, 2.24) is 4.98 Å². The Bertz CT molecular complexity index is 594. The Labute approximate surface area is 108 Å². The molecule has 1 aromatic carbocycles. The highest BCUT2D eigenvalue weighted by molar-refractivity contribution is 5.67. The van der Waals surface area contributed by atoms with E-state index in [9.17, 15) is 9.18 Å². The highest BCUT2D eigenvalue weighted by Crippen LogP contribution is 2.31. The number of rotatable bonds is 5. The van der Waals surface area contributed by atoms with E-state index in [4.69, 9.17) is 14.3 Å². The lowest BCUT2D eigenvalue weighted by Crippen LogP contribution is -1.97. The molecule has 0 saturated carbocycles. The van der Waals surface area contributed by atoms with E-state index in [1.54, 1.807) is 0 Å². The van der Waals surface area contributed by atoms with Crippen LogP contribution in [0.25, 0.3) is 11.3 Å². The van der Waals surface area contributed by atoms with Crippen molar-refractivity contribution in [2.24, 2.45) is 0 Å². The van der Waals surface area contributed by atoms with Crippen molar-refractivity contribution in [3.8, 4) is 17.1 Å². The molecule has 1 N–H and O–H groups in total. The van der Waals surface area contributed by atoms with Crippen molar-refractivity contribution in [1.29, 1.82) is 0 Å². The van der Waals surface area contributed by atoms with Gasteiger partial charge in [-0.2, -0.15) is 0 Å². The second-order valence-electron chi connectivity index (χ2n) is 3.86. The number of carboxylic acids is 1. The summed E-state index contributed by atoms with van der Waals surface area (Å²) in [7, 11) is 1.47. The number of hydrogen-bond acceptors (Lipinski definition) is 4. The standard InChI is InChI=1S/C13H12FNO4/c1-18-10-3-2-8(14)6-9(10)11-7-15-12(19-11)4-5-13(16)17/h2-3,6-7H,4-5H2,1H3,(H,16,17). The van der Waals surface area contributed by atoms with Crippen LogP contribution < -0.4 is 4.74 Å². The molecular weight excluding hydrogens is 253 g/mol. The summed E-state index contributed by atoms with van der Waals surface area (Å²) in [5.41, 5.74) is 0.441. The zero-order valence-electron chi connectivity index (χ0n) is 10.2. The molecule has 0 aliphatic rings. The SMILES string of the molecule is COc1ccc(F)cc1-c1cnc(CCC(=O)O)o1. The minimum absolute atomic E-state index is 0.0692. The maximum absolute atomic E-state index is 13.2. The third-order valence-corrected chi connectivity index (χ3v) is 2.53. The molecule has 19 heavy (non-hydrogen) atoms. The van der Waals surface area contributed by atoms with Gasteiger partial charge in [0.1, 0.15) is 11.6 Å². The monoisotopic (exact) mass is 265 g/mol. The van der Waals surface area contributed by atoms with E-state index in [1.807, 2.05) is 0 Å². The predicted octanol–water partition coefficient (Wildman–Crippen LogP) is 2.51. The Morgan fingerprint density at radius 3 is 3.00 bits per heavy atom. The summed E-state index contributed by atoms with van der Waals surface area (Å²) in [5, 5.41) is 8.58. The highest BCUT2D eigenvalue weighted by atomic mass is 19.1. The van der Waals surface area contributed by atoms with Gasteiger partial charge in [-0.25, -0.2) is 9.37 Å². The van der Waals surface area contributed by atoms with Crippen molar-refractivity contribution in [2.45, 2.75) is 12.8 Å². The van der Waals surface area contributed by atoms with Gasteiger partial charge in [0.25, 0.3) is 0 Å². The lowest BCUT2D eigenvalue weighted by atomic mass is 10.1. The van der Waals surface area contributed by atoms with E-state index in [0.29, 0.717) is 23.0 Å². The number of benzene rings is 1. The lowest BCUT2D eigenvalue weighted by Gasteiger charge is -2.05. The number of methoxy groups -OCH3 is 1. The van der Waals surface area contributed by atoms with Crippen LogP contribution in [0.1, 0.15) is 12.3 Å². The van der Waals surface area contributed by atoms with Gasteiger partial charge in [-0.1, -0.05) is 0 Å². The second kappa shape index (κ2) is 5.51. The van der Waals surface area contributed by atoms with Gasteiger partial charge in [-0.3, -0.25) is 4.79 Å². The molecule has 1 aromatic heterocycles. The Kier molecular flexibility index (Phi) is 3.79. The summed E-state index contributed by atoms with van der Waals surface area (Å²) in [6, 6.07) is 4.05. The first-order chi connectivity index (χ1) is 9.10. The molecule has 0 unspecified atom stereocenters. The van der Waals surface area contributed by atoms with Crippen molar-refractivity contribution in [3.05, 3.63) is 36.1 Å². The first-order valence-electron chi connectivity index (χ1n) is 5.60. The number of aliphatic carboxylic acids is 1. The molecule has 2 rings (SSSR count). The highest BCUT2D eigenvalue weighted by Gasteiger charge is 2.13. The fraction of sp³-hybridized carbons (Fsp3) is 0.231. The molecule has 6 heteroatoms. The molecule has 0 aliphatic heterocycles. The summed E-state index contributed by atoms with van der Waals surface area (Å²) in [5.74, 6) is -0.245. The van der Waals surface area contributed by atoms with Gasteiger partial charge in [-0.05, 0) is 18.2 Å². The normalized spacial score (nSPS) is 10.4. The number of aryl methyl sites for hydroxylation is 1. The van der Waals surface area contributed by atoms with Crippen molar-refractivity contribution in [2.75, 3.05) is 7.11 Å². The van der Waals surface area contributed by atoms with Crippen LogP contribution in [0.3, 0.4) is 0 Å². The van der Waals surface area contributed by atoms with E-state index in [2.05, 4.69) is 4.98 Å². The van der Waals surface area contributed by atoms with Crippen LogP contribution in [0.2, 0.25) is 0 Å². The van der Waals surface area contributed by atoms with E-state index < -0.39 is 11.8 Å². The number of oxazole rings is 1. The van der Waals surface area contributed by atoms with Crippen LogP contribution in [0.5, 0.6) is 5.75 Å². The third kappa shape index (κ3) is 3.09. The van der Waals surface area contributed by atoms with Crippen LogP contribution in [0, 0.1) is 5.82 Å². The zero-order valence-corrected chi connectivity index (χ0v) is 10.2. The molecule has 100 valence electrons. The van der Waals surface area contributed by atoms with Crippen LogP contribution in [-0.2, 0) is 11.2 Å². The average molecular weight is 265 g/mol. The Hall–Kier alpha value is -2.37. The molecule has 2 aromatic rings. The average Bonchev–Trinajstić information content (AvgIpc) is 2.85. The summed E-state index contributed by atoms with van der Waals surface area (Å²) in [6.07, 6.45) is 1.54. The third-order valence-electron chi connectivity index (χ3n) is 2.53. The molecule has 0 spiro atoms. The molecule has 0 saturated heterocycles. The smallest absolute Gasteiger partial charge is 0.303 e. The minimum atomic E-state index is -0.928. The number of halogens is 1. The minimum Gasteiger partial charge on any atom is -0.496 e. The molecular formula is C13H12FNO4. The lowest BCUT2D eigenvalue weighted by molar-refractivity contribution is -0.137. The summed E-state index contributed by atoms with van der Waals surface area (Å²) in [6.45, 7) is 0. The molecule has 0 amide bonds. The molecule has 0 fully saturated rings. The second-order valence-corrected chi connectivity index (χ2v) is 3.86. The molecule has 0 radical (unpaired) electrons. The van der Waals surface area contributed by atoms with E-state index >= 15 is 0 Å². The van der Waals surface area contributed by atoms with Gasteiger partial charge in [-0.15, -0.1) is 0 Å². The Morgan fingerprint density at radius 2 is 2.32 bits per heavy atom. The van der Waals surface area contributed by atoms with Crippen LogP contribution in [-0.4, -0.2) is 23.2 Å². The van der Waals surface area contributed by atoms with E-state index in [1.165, 1.54) is 31.5 Å². The maximum Gasteiger partial charge on any atom is 0.303 e. The topological polar surface area (TPSA) is 72.6 Å². The largest absolute Gasteiger partial charge is 0.496 e. The number of carbonyl (C=O) groups is 1. The maximum atomic E-state index is 13.2. The first kappa shape index (κ1) is 13.1. The van der Waals surface area contributed by atoms with Gasteiger partial charge in [0.05, 0.1) is 25.3 Å². The van der Waals surface area contributed by atoms with Gasteiger partial charge in [0, 0.05) is 6.42 Å². The first-order valence-corrected chi connectivity index (χ1v) is 5.60. The van der Waals surface area contributed by atoms with Crippen LogP contribution in [0.4, 0.5) is 4.39 Å². The summed E-state index contributed by atoms with van der Waals surface area (Å²) < 4.78 is 23.7. The van der Waals surface area contributed by atoms with Crippen LogP contribution >= 0.6 is 0 Å². The fourth-order valence-corrected chi connectivity index (χ4v) is 1.64. The van der Waals surface area contributed by atoms with Crippen molar-refractivity contribution < 1.29 is 23.4 Å². The fourth-order valence-electron chi connectivity index (χ4n) is 1.64. The van der Waals surface area contributed by atoms with E-state index in [-0.39, 0.29) is 12.8 Å². The summed E-state index contributed by atoms with van der Waals surface area (Å²) in [4.78, 5) is 14.4. The number of hydrogen-bond donors (Lipinski definition) is 1. The van der Waals surface area contributed by atoms with Gasteiger partial charge in [0.2, 0.25) is 0 Å². The van der Waals surface area contributed by atoms with E-state index in [0.717, 1.165) is 0 Å². The van der Waals surface area contributed by atoms with Gasteiger partial charge < -0.3 is 14.3 Å². The number of aromatic nitrogens is 1. The van der Waals surface area contributed by atoms with Crippen molar-refractivity contribution in [3.63, 3.8) is 0 Å². The van der Waals surface area contributed by atoms with Crippen LogP contribution in [0.15, 0.2) is 28.8 Å². The molecule has 5 nitrogen and oxygen atoms in total.